The molecule has 3 heteroatoms. The van der Waals surface area contributed by atoms with E-state index >= 15 is 0 Å². The quantitative estimate of drug-likeness (QED) is 0.112. The van der Waals surface area contributed by atoms with Gasteiger partial charge in [0.1, 0.15) is 0 Å². The summed E-state index contributed by atoms with van der Waals surface area (Å²) in [5.41, 5.74) is 15.6. The first kappa shape index (κ1) is 33.4. The summed E-state index contributed by atoms with van der Waals surface area (Å²) >= 11 is 2.07. The summed E-state index contributed by atoms with van der Waals surface area (Å²) in [6.07, 6.45) is 0. The molecule has 2 aliphatic rings. The van der Waals surface area contributed by atoms with Crippen molar-refractivity contribution in [1.29, 1.82) is 0 Å². The van der Waals surface area contributed by atoms with Gasteiger partial charge in [-0.05, 0) is 118 Å². The zero-order valence-electron chi connectivity index (χ0n) is 33.5. The average molecular weight is 708 g/mol. The van der Waals surface area contributed by atoms with Gasteiger partial charge in [0.25, 0.3) is 5.99 Å². The Morgan fingerprint density at radius 1 is 0.491 bits per heavy atom. The molecule has 0 saturated heterocycles. The predicted octanol–water partition coefficient (Wildman–Crippen LogP) is 13.1. The van der Waals surface area contributed by atoms with Crippen LogP contribution < -0.4 is 10.9 Å². The van der Waals surface area contributed by atoms with Crippen LogP contribution in [0.15, 0.2) is 89.8 Å². The van der Waals surface area contributed by atoms with Gasteiger partial charge >= 0.3 is 0 Å². The minimum atomic E-state index is 0.0159. The molecule has 1 nitrogen and oxygen atoms in total. The molecule has 0 saturated carbocycles. The average Bonchev–Trinajstić information content (AvgIpc) is 3.41. The monoisotopic (exact) mass is 707 g/mol. The smallest absolute Gasteiger partial charge is 0.285 e. The molecule has 0 atom stereocenters. The fraction of sp³-hybridized carbons (Fsp3) is 0.320. The van der Waals surface area contributed by atoms with Crippen LogP contribution in [-0.4, -0.2) is 10.6 Å². The van der Waals surface area contributed by atoms with E-state index in [0.29, 0.717) is 0 Å². The summed E-state index contributed by atoms with van der Waals surface area (Å²) in [4.78, 5) is 1.39. The van der Waals surface area contributed by atoms with E-state index in [1.165, 1.54) is 109 Å². The Kier molecular flexibility index (Phi) is 6.49. The highest BCUT2D eigenvalue weighted by Gasteiger charge is 2.42. The Morgan fingerprint density at radius 2 is 1.06 bits per heavy atom. The molecule has 0 spiro atoms. The van der Waals surface area contributed by atoms with Crippen molar-refractivity contribution < 1.29 is 0 Å². The van der Waals surface area contributed by atoms with E-state index in [1.807, 2.05) is 0 Å². The van der Waals surface area contributed by atoms with Crippen molar-refractivity contribution in [1.82, 2.24) is 4.57 Å². The number of benzene rings is 7. The highest BCUT2D eigenvalue weighted by atomic mass is 32.2. The molecule has 0 radical (unpaired) electrons. The SMILES string of the molecule is CC(C)(C)c1ccc2c(c1)-c1c3c(c4ccc5cc(C(C)(C)C)cc6ccc1c4c65)-n1c4ccc(C(C)(C)C)cc4c4cc(C(C)(C)C)cc(c41)B3S2. The van der Waals surface area contributed by atoms with E-state index in [9.17, 15) is 0 Å². The van der Waals surface area contributed by atoms with Crippen LogP contribution in [0.3, 0.4) is 0 Å². The van der Waals surface area contributed by atoms with Crippen LogP contribution in [0.5, 0.6) is 0 Å². The third kappa shape index (κ3) is 4.59. The first-order chi connectivity index (χ1) is 24.8. The van der Waals surface area contributed by atoms with E-state index in [-0.39, 0.29) is 27.7 Å². The van der Waals surface area contributed by atoms with Crippen LogP contribution in [0.2, 0.25) is 0 Å². The topological polar surface area (TPSA) is 4.93 Å². The van der Waals surface area contributed by atoms with E-state index in [2.05, 4.69) is 184 Å². The summed E-state index contributed by atoms with van der Waals surface area (Å²) in [6, 6.07) is 34.4. The molecule has 0 aliphatic carbocycles. The van der Waals surface area contributed by atoms with Crippen LogP contribution >= 0.6 is 11.6 Å². The van der Waals surface area contributed by atoms with Crippen LogP contribution in [0.1, 0.15) is 105 Å². The van der Waals surface area contributed by atoms with Crippen molar-refractivity contribution in [3.05, 3.63) is 107 Å². The number of fused-ring (bicyclic) bond motifs is 9. The zero-order chi connectivity index (χ0) is 37.3. The molecule has 3 heterocycles. The Bertz CT molecular complexity index is 2870. The molecule has 2 aliphatic heterocycles. The van der Waals surface area contributed by atoms with Gasteiger partial charge in [0.2, 0.25) is 0 Å². The van der Waals surface area contributed by atoms with Gasteiger partial charge in [0, 0.05) is 32.0 Å². The third-order valence-electron chi connectivity index (χ3n) is 12.5. The minimum Gasteiger partial charge on any atom is -0.310 e. The number of aromatic nitrogens is 1. The van der Waals surface area contributed by atoms with Gasteiger partial charge in [0.05, 0.1) is 11.2 Å². The number of hydrogen-bond acceptors (Lipinski definition) is 1. The van der Waals surface area contributed by atoms with Gasteiger partial charge in [0.15, 0.2) is 0 Å². The largest absolute Gasteiger partial charge is 0.310 e. The van der Waals surface area contributed by atoms with Crippen molar-refractivity contribution in [2.45, 2.75) is 110 Å². The van der Waals surface area contributed by atoms with E-state index in [0.717, 1.165) is 0 Å². The molecule has 0 fully saturated rings. The summed E-state index contributed by atoms with van der Waals surface area (Å²) in [6.45, 7) is 28.2. The maximum absolute atomic E-state index is 2.69. The summed E-state index contributed by atoms with van der Waals surface area (Å²) in [5.74, 6) is 0.186. The Hall–Kier alpha value is -4.21. The molecule has 264 valence electrons. The molecule has 8 aromatic rings. The first-order valence-corrected chi connectivity index (χ1v) is 20.4. The maximum Gasteiger partial charge on any atom is 0.285 e. The third-order valence-corrected chi connectivity index (χ3v) is 13.8. The second kappa shape index (κ2) is 10.3. The lowest BCUT2D eigenvalue weighted by Gasteiger charge is -2.36. The van der Waals surface area contributed by atoms with E-state index in [1.54, 1.807) is 0 Å². The Balaban J connectivity index is 1.45. The van der Waals surface area contributed by atoms with Crippen molar-refractivity contribution in [3.63, 3.8) is 0 Å². The standard InChI is InChI=1S/C50H50BNS/c1-47(2,3)29-15-19-39-35(23-29)36-25-32(50(10,11)12)26-38-45(36)52(39)46-34-18-14-28-22-31(49(7,8)9)21-27-13-17-33(42(34)41(27)28)43-37-24-30(48(4,5)6)16-20-40(37)53-51(38)44(43)46/h13-26H,1-12H3. The molecular formula is C50H50BNS. The zero-order valence-corrected chi connectivity index (χ0v) is 34.3. The van der Waals surface area contributed by atoms with E-state index in [4.69, 9.17) is 0 Å². The molecule has 53 heavy (non-hydrogen) atoms. The number of rotatable bonds is 0. The van der Waals surface area contributed by atoms with Crippen molar-refractivity contribution in [2.75, 3.05) is 0 Å². The Labute approximate surface area is 319 Å². The molecule has 0 amide bonds. The second-order valence-corrected chi connectivity index (χ2v) is 21.4. The molecule has 1 aromatic heterocycles. The van der Waals surface area contributed by atoms with E-state index < -0.39 is 0 Å². The lowest BCUT2D eigenvalue weighted by atomic mass is 9.55. The second-order valence-electron chi connectivity index (χ2n) is 20.3. The highest BCUT2D eigenvalue weighted by Crippen LogP contribution is 2.51. The lowest BCUT2D eigenvalue weighted by molar-refractivity contribution is 0.590. The van der Waals surface area contributed by atoms with Crippen molar-refractivity contribution in [3.8, 4) is 16.8 Å². The van der Waals surface area contributed by atoms with Crippen LogP contribution in [0, 0.1) is 0 Å². The summed E-state index contributed by atoms with van der Waals surface area (Å²) < 4.78 is 2.69. The Morgan fingerprint density at radius 3 is 1.70 bits per heavy atom. The molecule has 10 rings (SSSR count). The normalized spacial score (nSPS) is 14.7. The van der Waals surface area contributed by atoms with Gasteiger partial charge in [-0.2, -0.15) is 11.6 Å². The fourth-order valence-corrected chi connectivity index (χ4v) is 10.8. The van der Waals surface area contributed by atoms with Crippen LogP contribution in [0.4, 0.5) is 0 Å². The van der Waals surface area contributed by atoms with Gasteiger partial charge in [-0.15, -0.1) is 0 Å². The van der Waals surface area contributed by atoms with Crippen LogP contribution in [0.25, 0.3) is 70.9 Å². The molecule has 0 bridgehead atoms. The maximum atomic E-state index is 2.69. The summed E-state index contributed by atoms with van der Waals surface area (Å²) in [7, 11) is 0. The van der Waals surface area contributed by atoms with Crippen molar-refractivity contribution in [2.24, 2.45) is 0 Å². The first-order valence-electron chi connectivity index (χ1n) is 19.5. The minimum absolute atomic E-state index is 0.0159. The van der Waals surface area contributed by atoms with Gasteiger partial charge in [-0.3, -0.25) is 0 Å². The number of hydrogen-bond donors (Lipinski definition) is 0. The fourth-order valence-electron chi connectivity index (χ4n) is 9.41. The highest BCUT2D eigenvalue weighted by molar-refractivity contribution is 8.28. The lowest BCUT2D eigenvalue weighted by Crippen LogP contribution is -2.48. The summed E-state index contributed by atoms with van der Waals surface area (Å²) in [5, 5.41) is 11.0. The van der Waals surface area contributed by atoms with Gasteiger partial charge in [-0.1, -0.05) is 138 Å². The van der Waals surface area contributed by atoms with Gasteiger partial charge < -0.3 is 4.57 Å². The predicted molar refractivity (Wildman–Crippen MR) is 236 cm³/mol. The number of nitrogens with zero attached hydrogens (tertiary/aromatic N) is 1. The molecule has 0 N–H and O–H groups in total. The van der Waals surface area contributed by atoms with Crippen molar-refractivity contribution >= 4 is 82.7 Å². The molecule has 0 unspecified atom stereocenters. The molecular weight excluding hydrogens is 657 g/mol. The molecule has 7 aromatic carbocycles. The van der Waals surface area contributed by atoms with Gasteiger partial charge in [-0.25, -0.2) is 0 Å². The van der Waals surface area contributed by atoms with Crippen LogP contribution in [-0.2, 0) is 21.7 Å².